The fourth-order valence-electron chi connectivity index (χ4n) is 1.66. The van der Waals surface area contributed by atoms with E-state index in [9.17, 15) is 13.6 Å². The van der Waals surface area contributed by atoms with Crippen LogP contribution in [0.3, 0.4) is 0 Å². The minimum atomic E-state index is -0.896. The summed E-state index contributed by atoms with van der Waals surface area (Å²) in [5, 5.41) is 11.6. The van der Waals surface area contributed by atoms with Crippen LogP contribution in [0.5, 0.6) is 0 Å². The number of aromatic nitrogens is 1. The van der Waals surface area contributed by atoms with Crippen LogP contribution < -0.4 is 5.32 Å². The number of nitrogens with one attached hydrogen (secondary N) is 1. The molecule has 0 radical (unpaired) electrons. The molecule has 0 aliphatic carbocycles. The Balaban J connectivity index is 2.18. The Labute approximate surface area is 118 Å². The molecule has 0 aliphatic rings. The van der Waals surface area contributed by atoms with Gasteiger partial charge in [-0.2, -0.15) is 0 Å². The van der Waals surface area contributed by atoms with Crippen molar-refractivity contribution in [1.29, 1.82) is 0 Å². The van der Waals surface area contributed by atoms with Gasteiger partial charge in [-0.3, -0.25) is 4.79 Å². The molecule has 106 valence electrons. The first-order valence-corrected chi connectivity index (χ1v) is 6.68. The highest BCUT2D eigenvalue weighted by Crippen LogP contribution is 2.29. The normalized spacial score (nSPS) is 10.6. The predicted octanol–water partition coefficient (Wildman–Crippen LogP) is 3.49. The molecule has 0 unspecified atom stereocenters. The number of hydrogen-bond donors (Lipinski definition) is 2. The van der Waals surface area contributed by atoms with Crippen LogP contribution in [-0.2, 0) is 11.2 Å². The Morgan fingerprint density at radius 3 is 2.65 bits per heavy atom. The molecule has 1 heterocycles. The first-order chi connectivity index (χ1) is 9.47. The van der Waals surface area contributed by atoms with Gasteiger partial charge in [0.25, 0.3) is 0 Å². The lowest BCUT2D eigenvalue weighted by atomic mass is 10.2. The molecule has 0 bridgehead atoms. The SMILES string of the molecule is Cc1nc(Nc2c(F)cccc2F)sc1CCC(=O)O. The molecule has 0 amide bonds. The Hall–Kier alpha value is -2.02. The topological polar surface area (TPSA) is 62.2 Å². The fourth-order valence-corrected chi connectivity index (χ4v) is 2.62. The van der Waals surface area contributed by atoms with E-state index in [0.717, 1.165) is 17.0 Å². The van der Waals surface area contributed by atoms with Gasteiger partial charge in [0, 0.05) is 4.88 Å². The summed E-state index contributed by atoms with van der Waals surface area (Å²) in [7, 11) is 0. The number of rotatable bonds is 5. The Bertz CT molecular complexity index is 623. The van der Waals surface area contributed by atoms with E-state index in [1.54, 1.807) is 6.92 Å². The molecule has 0 saturated heterocycles. The summed E-state index contributed by atoms with van der Waals surface area (Å²) in [6.07, 6.45) is 0.344. The average Bonchev–Trinajstić information content (AvgIpc) is 2.72. The number of nitrogens with zero attached hydrogens (tertiary/aromatic N) is 1. The van der Waals surface area contributed by atoms with E-state index in [2.05, 4.69) is 10.3 Å². The van der Waals surface area contributed by atoms with Crippen LogP contribution >= 0.6 is 11.3 Å². The van der Waals surface area contributed by atoms with Crippen LogP contribution in [0, 0.1) is 18.6 Å². The van der Waals surface area contributed by atoms with Gasteiger partial charge in [-0.1, -0.05) is 6.07 Å². The number of hydrogen-bond acceptors (Lipinski definition) is 4. The standard InChI is InChI=1S/C13H12F2N2O2S/c1-7-10(5-6-11(18)19)20-13(16-7)17-12-8(14)3-2-4-9(12)15/h2-4H,5-6H2,1H3,(H,16,17)(H,18,19). The summed E-state index contributed by atoms with van der Waals surface area (Å²) >= 11 is 1.19. The molecule has 4 nitrogen and oxygen atoms in total. The van der Waals surface area contributed by atoms with E-state index >= 15 is 0 Å². The third kappa shape index (κ3) is 3.30. The highest BCUT2D eigenvalue weighted by molar-refractivity contribution is 7.15. The summed E-state index contributed by atoms with van der Waals surface area (Å²) in [6, 6.07) is 3.58. The third-order valence-corrected chi connectivity index (χ3v) is 3.79. The van der Waals surface area contributed by atoms with Crippen LogP contribution in [0.1, 0.15) is 17.0 Å². The van der Waals surface area contributed by atoms with Gasteiger partial charge >= 0.3 is 5.97 Å². The van der Waals surface area contributed by atoms with Crippen LogP contribution in [0.4, 0.5) is 19.6 Å². The molecule has 0 aliphatic heterocycles. The monoisotopic (exact) mass is 298 g/mol. The van der Waals surface area contributed by atoms with Crippen molar-refractivity contribution in [1.82, 2.24) is 4.98 Å². The van der Waals surface area contributed by atoms with E-state index in [4.69, 9.17) is 5.11 Å². The van der Waals surface area contributed by atoms with Crippen molar-refractivity contribution in [2.45, 2.75) is 19.8 Å². The zero-order valence-corrected chi connectivity index (χ0v) is 11.4. The van der Waals surface area contributed by atoms with Crippen molar-refractivity contribution in [3.63, 3.8) is 0 Å². The third-order valence-electron chi connectivity index (χ3n) is 2.65. The maximum absolute atomic E-state index is 13.5. The van der Waals surface area contributed by atoms with Gasteiger partial charge in [-0.15, -0.1) is 11.3 Å². The predicted molar refractivity (Wildman–Crippen MR) is 72.4 cm³/mol. The van der Waals surface area contributed by atoms with E-state index in [0.29, 0.717) is 17.2 Å². The highest BCUT2D eigenvalue weighted by Gasteiger charge is 2.13. The molecule has 0 spiro atoms. The van der Waals surface area contributed by atoms with Crippen molar-refractivity contribution < 1.29 is 18.7 Å². The van der Waals surface area contributed by atoms with Crippen molar-refractivity contribution in [3.8, 4) is 0 Å². The first kappa shape index (κ1) is 14.4. The maximum atomic E-state index is 13.5. The van der Waals surface area contributed by atoms with Gasteiger partial charge in [-0.25, -0.2) is 13.8 Å². The van der Waals surface area contributed by atoms with Gasteiger partial charge in [0.05, 0.1) is 12.1 Å². The quantitative estimate of drug-likeness (QED) is 0.887. The number of carboxylic acids is 1. The second-order valence-corrected chi connectivity index (χ2v) is 5.23. The summed E-state index contributed by atoms with van der Waals surface area (Å²) in [6.45, 7) is 1.73. The summed E-state index contributed by atoms with van der Waals surface area (Å²) in [5.41, 5.74) is 0.404. The smallest absolute Gasteiger partial charge is 0.303 e. The zero-order valence-electron chi connectivity index (χ0n) is 10.6. The second kappa shape index (κ2) is 5.96. The Morgan fingerprint density at radius 2 is 2.05 bits per heavy atom. The first-order valence-electron chi connectivity index (χ1n) is 5.86. The lowest BCUT2D eigenvalue weighted by Gasteiger charge is -2.04. The summed E-state index contributed by atoms with van der Waals surface area (Å²) < 4.78 is 27.0. The number of aliphatic carboxylic acids is 1. The fraction of sp³-hybridized carbons (Fsp3) is 0.231. The zero-order chi connectivity index (χ0) is 14.7. The molecule has 0 saturated carbocycles. The Kier molecular flexibility index (Phi) is 4.29. The summed E-state index contributed by atoms with van der Waals surface area (Å²) in [5.74, 6) is -2.30. The van der Waals surface area contributed by atoms with Crippen molar-refractivity contribution in [2.75, 3.05) is 5.32 Å². The molecule has 7 heteroatoms. The maximum Gasteiger partial charge on any atom is 0.303 e. The minimum Gasteiger partial charge on any atom is -0.481 e. The lowest BCUT2D eigenvalue weighted by molar-refractivity contribution is -0.136. The number of aryl methyl sites for hydroxylation is 2. The van der Waals surface area contributed by atoms with E-state index in [1.165, 1.54) is 17.4 Å². The molecular formula is C13H12F2N2O2S. The van der Waals surface area contributed by atoms with Gasteiger partial charge in [-0.05, 0) is 25.5 Å². The van der Waals surface area contributed by atoms with Crippen molar-refractivity contribution in [2.24, 2.45) is 0 Å². The van der Waals surface area contributed by atoms with Gasteiger partial charge < -0.3 is 10.4 Å². The average molecular weight is 298 g/mol. The molecule has 2 aromatic rings. The van der Waals surface area contributed by atoms with E-state index < -0.39 is 17.6 Å². The van der Waals surface area contributed by atoms with Crippen LogP contribution in [-0.4, -0.2) is 16.1 Å². The molecule has 1 aromatic carbocycles. The van der Waals surface area contributed by atoms with Crippen molar-refractivity contribution in [3.05, 3.63) is 40.4 Å². The number of benzene rings is 1. The second-order valence-electron chi connectivity index (χ2n) is 4.14. The van der Waals surface area contributed by atoms with Crippen LogP contribution in [0.15, 0.2) is 18.2 Å². The van der Waals surface area contributed by atoms with E-state index in [1.807, 2.05) is 0 Å². The molecule has 2 N–H and O–H groups in total. The number of thiazole rings is 1. The van der Waals surface area contributed by atoms with E-state index in [-0.39, 0.29) is 12.1 Å². The summed E-state index contributed by atoms with van der Waals surface area (Å²) in [4.78, 5) is 15.5. The molecule has 1 aromatic heterocycles. The van der Waals surface area contributed by atoms with Crippen LogP contribution in [0.2, 0.25) is 0 Å². The molecule has 0 atom stereocenters. The molecule has 0 fully saturated rings. The van der Waals surface area contributed by atoms with Gasteiger partial charge in [0.2, 0.25) is 0 Å². The highest BCUT2D eigenvalue weighted by atomic mass is 32.1. The van der Waals surface area contributed by atoms with Crippen molar-refractivity contribution >= 4 is 28.1 Å². The number of halogens is 2. The lowest BCUT2D eigenvalue weighted by Crippen LogP contribution is -1.96. The van der Waals surface area contributed by atoms with Gasteiger partial charge in [0.15, 0.2) is 5.13 Å². The number of anilines is 2. The molecule has 20 heavy (non-hydrogen) atoms. The van der Waals surface area contributed by atoms with Gasteiger partial charge in [0.1, 0.15) is 17.3 Å². The number of carboxylic acid groups (broad SMARTS) is 1. The largest absolute Gasteiger partial charge is 0.481 e. The minimum absolute atomic E-state index is 0.00344. The Morgan fingerprint density at radius 1 is 1.40 bits per heavy atom. The molecular weight excluding hydrogens is 286 g/mol. The van der Waals surface area contributed by atoms with Crippen LogP contribution in [0.25, 0.3) is 0 Å². The number of carbonyl (C=O) groups is 1. The number of para-hydroxylation sites is 1. The molecule has 2 rings (SSSR count).